The van der Waals surface area contributed by atoms with Crippen molar-refractivity contribution in [2.24, 2.45) is 0 Å². The second-order valence-electron chi connectivity index (χ2n) is 6.96. The van der Waals surface area contributed by atoms with E-state index < -0.39 is 28.0 Å². The highest BCUT2D eigenvalue weighted by atomic mass is 32.3. The van der Waals surface area contributed by atoms with Crippen LogP contribution in [0.15, 0.2) is 130 Å². The van der Waals surface area contributed by atoms with E-state index in [9.17, 15) is 18.0 Å². The fraction of sp³-hybridized carbons (Fsp3) is 0.0385. The molecule has 0 saturated carbocycles. The number of hydrogen-bond donors (Lipinski definition) is 0. The van der Waals surface area contributed by atoms with Gasteiger partial charge in [-0.2, -0.15) is 13.2 Å². The summed E-state index contributed by atoms with van der Waals surface area (Å²) in [6.07, 6.45) is -4.53. The van der Waals surface area contributed by atoms with E-state index in [4.69, 9.17) is 4.18 Å². The molecule has 0 heterocycles. The topological polar surface area (TPSA) is 30.6 Å². The number of carbonyl (C=O) groups excluding carboxylic acids is 1. The van der Waals surface area contributed by atoms with Crippen molar-refractivity contribution in [3.05, 3.63) is 126 Å². The Balaban J connectivity index is 1.90. The minimum Gasteiger partial charge on any atom is -0.334 e. The van der Waals surface area contributed by atoms with Crippen molar-refractivity contribution >= 4 is 16.3 Å². The van der Waals surface area contributed by atoms with Gasteiger partial charge >= 0.3 is 12.1 Å². The Morgan fingerprint density at radius 1 is 0.625 bits per heavy atom. The smallest absolute Gasteiger partial charge is 0.334 e. The SMILES string of the molecule is [OH+]=C(OS(c1ccccc1)(c1ccccc1)c1ccccc1)c1cccc(C(F)(F)F)c1. The lowest BCUT2D eigenvalue weighted by atomic mass is 10.1. The summed E-state index contributed by atoms with van der Waals surface area (Å²) in [7, 11) is -2.50. The Hall–Kier alpha value is -3.51. The zero-order valence-electron chi connectivity index (χ0n) is 16.9. The molecule has 4 aromatic rings. The fourth-order valence-corrected chi connectivity index (χ4v) is 6.44. The minimum atomic E-state index is -4.53. The van der Waals surface area contributed by atoms with Crippen LogP contribution in [-0.2, 0) is 10.4 Å². The molecule has 6 heteroatoms. The monoisotopic (exact) mass is 453 g/mol. The van der Waals surface area contributed by atoms with Crippen LogP contribution in [0.3, 0.4) is 0 Å². The highest BCUT2D eigenvalue weighted by molar-refractivity contribution is 8.30. The second-order valence-corrected chi connectivity index (χ2v) is 9.66. The summed E-state index contributed by atoms with van der Waals surface area (Å²) in [5.41, 5.74) is -0.899. The number of benzene rings is 4. The van der Waals surface area contributed by atoms with Crippen LogP contribution in [0.25, 0.3) is 0 Å². The van der Waals surface area contributed by atoms with Crippen LogP contribution in [0.1, 0.15) is 11.1 Å². The summed E-state index contributed by atoms with van der Waals surface area (Å²) in [6, 6.07) is 32.7. The van der Waals surface area contributed by atoms with Crippen molar-refractivity contribution < 1.29 is 22.1 Å². The number of halogens is 3. The maximum atomic E-state index is 13.2. The molecule has 162 valence electrons. The van der Waals surface area contributed by atoms with Crippen molar-refractivity contribution in [1.82, 2.24) is 0 Å². The highest BCUT2D eigenvalue weighted by Crippen LogP contribution is 2.69. The first-order valence-electron chi connectivity index (χ1n) is 9.83. The van der Waals surface area contributed by atoms with Gasteiger partial charge in [0.1, 0.15) is 5.56 Å². The first-order chi connectivity index (χ1) is 15.4. The summed E-state index contributed by atoms with van der Waals surface area (Å²) in [4.78, 5) is 13.4. The standard InChI is InChI=1S/C26H19F3O2S/c27-26(28,29)21-12-10-11-20(19-21)25(30)31-32(22-13-4-1-5-14-22,23-15-6-2-7-16-23)24-17-8-3-9-18-24/h1-19H/p+1. The Morgan fingerprint density at radius 3 is 1.47 bits per heavy atom. The Morgan fingerprint density at radius 2 is 1.06 bits per heavy atom. The molecule has 0 radical (unpaired) electrons. The lowest BCUT2D eigenvalue weighted by Crippen LogP contribution is -2.15. The van der Waals surface area contributed by atoms with Gasteiger partial charge in [-0.1, -0.05) is 60.7 Å². The maximum absolute atomic E-state index is 13.2. The summed E-state index contributed by atoms with van der Waals surface area (Å²) in [6.45, 7) is 0. The lowest BCUT2D eigenvalue weighted by molar-refractivity contribution is -0.137. The van der Waals surface area contributed by atoms with Gasteiger partial charge in [0.2, 0.25) is 0 Å². The van der Waals surface area contributed by atoms with E-state index in [1.807, 2.05) is 91.0 Å². The molecule has 2 nitrogen and oxygen atoms in total. The Labute approximate surface area is 185 Å². The molecule has 0 aliphatic rings. The highest BCUT2D eigenvalue weighted by Gasteiger charge is 2.43. The fourth-order valence-electron chi connectivity index (χ4n) is 3.38. The van der Waals surface area contributed by atoms with Gasteiger partial charge in [-0.25, -0.2) is 4.18 Å². The van der Waals surface area contributed by atoms with E-state index in [0.29, 0.717) is 0 Å². The maximum Gasteiger partial charge on any atom is 0.531 e. The Kier molecular flexibility index (Phi) is 6.06. The van der Waals surface area contributed by atoms with Crippen LogP contribution in [-0.4, -0.2) is 10.8 Å². The summed E-state index contributed by atoms with van der Waals surface area (Å²) in [5.74, 6) is -0.567. The molecule has 0 atom stereocenters. The first-order valence-corrected chi connectivity index (χ1v) is 11.4. The van der Waals surface area contributed by atoms with Crippen LogP contribution in [0.2, 0.25) is 0 Å². The van der Waals surface area contributed by atoms with Crippen molar-refractivity contribution in [2.75, 3.05) is 0 Å². The van der Waals surface area contributed by atoms with E-state index in [-0.39, 0.29) is 5.56 Å². The largest absolute Gasteiger partial charge is 0.531 e. The zero-order valence-corrected chi connectivity index (χ0v) is 17.7. The van der Waals surface area contributed by atoms with Crippen LogP contribution < -0.4 is 0 Å². The van der Waals surface area contributed by atoms with Crippen LogP contribution >= 0.6 is 10.3 Å². The molecular weight excluding hydrogens is 433 g/mol. The van der Waals surface area contributed by atoms with Crippen molar-refractivity contribution in [1.29, 1.82) is 0 Å². The molecule has 1 N–H and O–H groups in total. The molecule has 0 fully saturated rings. The van der Waals surface area contributed by atoms with Gasteiger partial charge in [0.15, 0.2) is 0 Å². The Bertz CT molecular complexity index is 1100. The summed E-state index contributed by atoms with van der Waals surface area (Å²) in [5, 5.41) is 0. The van der Waals surface area contributed by atoms with Crippen LogP contribution in [0.4, 0.5) is 13.2 Å². The third-order valence-corrected chi connectivity index (χ3v) is 8.08. The molecule has 4 aromatic carbocycles. The number of hydrogen-bond acceptors (Lipinski definition) is 1. The third-order valence-electron chi connectivity index (χ3n) is 4.87. The average Bonchev–Trinajstić information content (AvgIpc) is 2.83. The van der Waals surface area contributed by atoms with E-state index in [1.54, 1.807) is 0 Å². The molecule has 0 aliphatic carbocycles. The predicted molar refractivity (Wildman–Crippen MR) is 120 cm³/mol. The predicted octanol–water partition coefficient (Wildman–Crippen LogP) is 7.47. The number of rotatable bonds is 5. The quantitative estimate of drug-likeness (QED) is 0.288. The molecule has 0 unspecified atom stereocenters. The van der Waals surface area contributed by atoms with Gasteiger partial charge in [-0.15, -0.1) is 0 Å². The molecule has 0 bridgehead atoms. The van der Waals surface area contributed by atoms with Gasteiger partial charge in [0.25, 0.3) is 0 Å². The van der Waals surface area contributed by atoms with Crippen LogP contribution in [0.5, 0.6) is 0 Å². The summed E-state index contributed by atoms with van der Waals surface area (Å²) >= 11 is 0. The van der Waals surface area contributed by atoms with Gasteiger partial charge in [0, 0.05) is 0 Å². The molecule has 0 spiro atoms. The molecule has 0 aliphatic heterocycles. The van der Waals surface area contributed by atoms with Crippen molar-refractivity contribution in [3.8, 4) is 0 Å². The number of alkyl halides is 3. The summed E-state index contributed by atoms with van der Waals surface area (Å²) < 4.78 is 46.1. The third kappa shape index (κ3) is 4.27. The molecule has 0 saturated heterocycles. The van der Waals surface area contributed by atoms with Gasteiger partial charge in [-0.3, -0.25) is 0 Å². The lowest BCUT2D eigenvalue weighted by Gasteiger charge is -2.33. The zero-order chi connectivity index (χ0) is 22.6. The van der Waals surface area contributed by atoms with Gasteiger partial charge < -0.3 is 4.79 Å². The van der Waals surface area contributed by atoms with E-state index in [0.717, 1.165) is 26.8 Å². The van der Waals surface area contributed by atoms with Crippen molar-refractivity contribution in [3.63, 3.8) is 0 Å². The minimum absolute atomic E-state index is 0.0421. The normalized spacial score (nSPS) is 12.2. The second kappa shape index (κ2) is 8.93. The van der Waals surface area contributed by atoms with Crippen molar-refractivity contribution in [2.45, 2.75) is 20.9 Å². The molecule has 0 amide bonds. The molecule has 0 aromatic heterocycles. The molecular formula is C26H20F3O2S+. The van der Waals surface area contributed by atoms with Gasteiger partial charge in [-0.05, 0) is 54.6 Å². The molecule has 4 rings (SSSR count). The van der Waals surface area contributed by atoms with Gasteiger partial charge in [0.05, 0.1) is 30.6 Å². The van der Waals surface area contributed by atoms with Crippen LogP contribution in [0, 0.1) is 0 Å². The van der Waals surface area contributed by atoms with E-state index in [2.05, 4.69) is 0 Å². The van der Waals surface area contributed by atoms with E-state index >= 15 is 0 Å². The average molecular weight is 454 g/mol. The first kappa shape index (κ1) is 21.7. The van der Waals surface area contributed by atoms with E-state index in [1.165, 1.54) is 12.1 Å². The molecule has 32 heavy (non-hydrogen) atoms.